The van der Waals surface area contributed by atoms with Crippen LogP contribution in [0.4, 0.5) is 0 Å². The molecular weight excluding hydrogens is 480 g/mol. The van der Waals surface area contributed by atoms with Crippen molar-refractivity contribution in [2.75, 3.05) is 7.11 Å². The molecule has 0 unspecified atom stereocenters. The Morgan fingerprint density at radius 1 is 0.579 bits per heavy atom. The predicted molar refractivity (Wildman–Crippen MR) is 145 cm³/mol. The Labute approximate surface area is 222 Å². The van der Waals surface area contributed by atoms with Crippen molar-refractivity contribution in [3.05, 3.63) is 131 Å². The molecule has 0 aliphatic heterocycles. The Morgan fingerprint density at radius 3 is 1.39 bits per heavy atom. The second kappa shape index (κ2) is 14.8. The Kier molecular flexibility index (Phi) is 10.8. The van der Waals surface area contributed by atoms with Crippen molar-refractivity contribution in [3.8, 4) is 11.5 Å². The van der Waals surface area contributed by atoms with Gasteiger partial charge in [-0.15, -0.1) is 0 Å². The first-order valence-electron chi connectivity index (χ1n) is 12.1. The molecule has 0 aliphatic rings. The van der Waals surface area contributed by atoms with E-state index >= 15 is 0 Å². The standard InChI is InChI=1S/C17H16O4.C15H14O2/c1-20-17(19)11-16(18)14-7-9-15(10-8-14)21-12-13-5-3-2-4-6-13;1-12(16)14-7-9-15(10-8-14)17-11-13-5-3-2-4-6-13/h2-10H,11-12H2,1H3;2-10H,11H2,1H3. The van der Waals surface area contributed by atoms with Gasteiger partial charge in [-0.2, -0.15) is 0 Å². The minimum absolute atomic E-state index is 0.0691. The highest BCUT2D eigenvalue weighted by atomic mass is 16.5. The van der Waals surface area contributed by atoms with E-state index in [1.165, 1.54) is 7.11 Å². The third-order valence-corrected chi connectivity index (χ3v) is 5.47. The Hall–Kier alpha value is -4.71. The topological polar surface area (TPSA) is 78.9 Å². The molecule has 0 bridgehead atoms. The molecule has 4 rings (SSSR count). The predicted octanol–water partition coefficient (Wildman–Crippen LogP) is 6.48. The van der Waals surface area contributed by atoms with E-state index in [1.54, 1.807) is 43.3 Å². The van der Waals surface area contributed by atoms with E-state index in [2.05, 4.69) is 4.74 Å². The zero-order chi connectivity index (χ0) is 27.2. The van der Waals surface area contributed by atoms with Crippen LogP contribution >= 0.6 is 0 Å². The van der Waals surface area contributed by atoms with E-state index in [-0.39, 0.29) is 18.0 Å². The zero-order valence-electron chi connectivity index (χ0n) is 21.5. The molecule has 0 fully saturated rings. The summed E-state index contributed by atoms with van der Waals surface area (Å²) >= 11 is 0. The molecule has 0 amide bonds. The second-order valence-corrected chi connectivity index (χ2v) is 8.33. The van der Waals surface area contributed by atoms with Crippen molar-refractivity contribution in [2.45, 2.75) is 26.6 Å². The van der Waals surface area contributed by atoms with Crippen molar-refractivity contribution < 1.29 is 28.6 Å². The average molecular weight is 511 g/mol. The summed E-state index contributed by atoms with van der Waals surface area (Å²) in [5, 5.41) is 0. The summed E-state index contributed by atoms with van der Waals surface area (Å²) in [6, 6.07) is 33.7. The summed E-state index contributed by atoms with van der Waals surface area (Å²) in [7, 11) is 1.26. The fourth-order valence-electron chi connectivity index (χ4n) is 3.31. The van der Waals surface area contributed by atoms with Gasteiger partial charge in [0.1, 0.15) is 31.1 Å². The fraction of sp³-hybridized carbons (Fsp3) is 0.156. The third-order valence-electron chi connectivity index (χ3n) is 5.47. The maximum Gasteiger partial charge on any atom is 0.313 e. The lowest BCUT2D eigenvalue weighted by Gasteiger charge is -2.07. The monoisotopic (exact) mass is 510 g/mol. The van der Waals surface area contributed by atoms with E-state index in [9.17, 15) is 14.4 Å². The highest BCUT2D eigenvalue weighted by molar-refractivity contribution is 6.05. The Bertz CT molecular complexity index is 1300. The highest BCUT2D eigenvalue weighted by Gasteiger charge is 2.11. The normalized spacial score (nSPS) is 9.95. The van der Waals surface area contributed by atoms with Gasteiger partial charge in [0.05, 0.1) is 7.11 Å². The van der Waals surface area contributed by atoms with E-state index in [4.69, 9.17) is 9.47 Å². The van der Waals surface area contributed by atoms with Gasteiger partial charge in [-0.25, -0.2) is 0 Å². The lowest BCUT2D eigenvalue weighted by atomic mass is 10.1. The van der Waals surface area contributed by atoms with E-state index in [0.717, 1.165) is 16.9 Å². The van der Waals surface area contributed by atoms with Crippen LogP contribution in [0.1, 0.15) is 45.2 Å². The van der Waals surface area contributed by atoms with Crippen LogP contribution in [0.5, 0.6) is 11.5 Å². The van der Waals surface area contributed by atoms with Gasteiger partial charge < -0.3 is 14.2 Å². The van der Waals surface area contributed by atoms with Crippen molar-refractivity contribution in [1.82, 2.24) is 0 Å². The zero-order valence-corrected chi connectivity index (χ0v) is 21.5. The first kappa shape index (κ1) is 27.9. The van der Waals surface area contributed by atoms with Gasteiger partial charge in [0, 0.05) is 11.1 Å². The molecule has 0 aliphatic carbocycles. The summed E-state index contributed by atoms with van der Waals surface area (Å²) in [5.74, 6) is 0.716. The van der Waals surface area contributed by atoms with Gasteiger partial charge in [-0.3, -0.25) is 14.4 Å². The molecule has 0 atom stereocenters. The lowest BCUT2D eigenvalue weighted by molar-refractivity contribution is -0.139. The van der Waals surface area contributed by atoms with Gasteiger partial charge >= 0.3 is 5.97 Å². The second-order valence-electron chi connectivity index (χ2n) is 8.33. The molecule has 0 radical (unpaired) electrons. The number of ketones is 2. The molecule has 194 valence electrons. The van der Waals surface area contributed by atoms with Crippen LogP contribution in [0.2, 0.25) is 0 Å². The van der Waals surface area contributed by atoms with Crippen LogP contribution in [0.25, 0.3) is 0 Å². The number of hydrogen-bond donors (Lipinski definition) is 0. The van der Waals surface area contributed by atoms with E-state index in [1.807, 2.05) is 72.8 Å². The third kappa shape index (κ3) is 9.39. The summed E-state index contributed by atoms with van der Waals surface area (Å²) in [4.78, 5) is 33.9. The molecule has 0 saturated carbocycles. The van der Waals surface area contributed by atoms with Gasteiger partial charge in [0.25, 0.3) is 0 Å². The van der Waals surface area contributed by atoms with Gasteiger partial charge in [0.15, 0.2) is 11.6 Å². The van der Waals surface area contributed by atoms with Crippen molar-refractivity contribution in [3.63, 3.8) is 0 Å². The average Bonchev–Trinajstić information content (AvgIpc) is 2.97. The van der Waals surface area contributed by atoms with Gasteiger partial charge in [-0.05, 0) is 66.6 Å². The lowest BCUT2D eigenvalue weighted by Crippen LogP contribution is -2.09. The molecular formula is C32H30O6. The van der Waals surface area contributed by atoms with Crippen LogP contribution in [0.3, 0.4) is 0 Å². The Balaban J connectivity index is 0.000000215. The molecule has 4 aromatic rings. The number of Topliss-reactive ketones (excluding diaryl/α,β-unsaturated/α-hetero) is 2. The summed E-state index contributed by atoms with van der Waals surface area (Å²) in [6.45, 7) is 2.57. The maximum absolute atomic E-state index is 11.8. The van der Waals surface area contributed by atoms with Crippen LogP contribution in [0.15, 0.2) is 109 Å². The van der Waals surface area contributed by atoms with Crippen LogP contribution < -0.4 is 9.47 Å². The number of rotatable bonds is 10. The number of esters is 1. The largest absolute Gasteiger partial charge is 0.489 e. The quantitative estimate of drug-likeness (QED) is 0.138. The van der Waals surface area contributed by atoms with Crippen molar-refractivity contribution in [2.24, 2.45) is 0 Å². The first-order chi connectivity index (χ1) is 18.4. The van der Waals surface area contributed by atoms with Crippen LogP contribution in [0, 0.1) is 0 Å². The molecule has 38 heavy (non-hydrogen) atoms. The molecule has 4 aromatic carbocycles. The van der Waals surface area contributed by atoms with Gasteiger partial charge in [-0.1, -0.05) is 60.7 Å². The summed E-state index contributed by atoms with van der Waals surface area (Å²) in [6.07, 6.45) is -0.249. The molecule has 0 aromatic heterocycles. The number of hydrogen-bond acceptors (Lipinski definition) is 6. The number of methoxy groups -OCH3 is 1. The molecule has 0 heterocycles. The molecule has 0 N–H and O–H groups in total. The minimum atomic E-state index is -0.538. The maximum atomic E-state index is 11.8. The van der Waals surface area contributed by atoms with Gasteiger partial charge in [0.2, 0.25) is 0 Å². The first-order valence-corrected chi connectivity index (χ1v) is 12.1. The molecule has 6 nitrogen and oxygen atoms in total. The van der Waals surface area contributed by atoms with Crippen LogP contribution in [-0.4, -0.2) is 24.6 Å². The number of carbonyl (C=O) groups excluding carboxylic acids is 3. The number of ether oxygens (including phenoxy) is 3. The summed E-state index contributed by atoms with van der Waals surface area (Å²) in [5.41, 5.74) is 3.37. The van der Waals surface area contributed by atoms with E-state index in [0.29, 0.717) is 30.1 Å². The van der Waals surface area contributed by atoms with Crippen molar-refractivity contribution >= 4 is 17.5 Å². The molecule has 0 saturated heterocycles. The molecule has 0 spiro atoms. The van der Waals surface area contributed by atoms with E-state index < -0.39 is 5.97 Å². The summed E-state index contributed by atoms with van der Waals surface area (Å²) < 4.78 is 15.7. The number of benzene rings is 4. The Morgan fingerprint density at radius 2 is 1.00 bits per heavy atom. The SMILES string of the molecule is CC(=O)c1ccc(OCc2ccccc2)cc1.COC(=O)CC(=O)c1ccc(OCc2ccccc2)cc1. The minimum Gasteiger partial charge on any atom is -0.489 e. The highest BCUT2D eigenvalue weighted by Crippen LogP contribution is 2.16. The van der Waals surface area contributed by atoms with Crippen molar-refractivity contribution in [1.29, 1.82) is 0 Å². The smallest absolute Gasteiger partial charge is 0.313 e. The van der Waals surface area contributed by atoms with Crippen LogP contribution in [-0.2, 0) is 22.7 Å². The molecule has 6 heteroatoms. The fourth-order valence-corrected chi connectivity index (χ4v) is 3.31. The number of carbonyl (C=O) groups is 3.